The summed E-state index contributed by atoms with van der Waals surface area (Å²) >= 11 is 6.15. The van der Waals surface area contributed by atoms with Gasteiger partial charge in [0.05, 0.1) is 23.9 Å². The minimum absolute atomic E-state index is 0.0746. The lowest BCUT2D eigenvalue weighted by Gasteiger charge is -2.29. The number of aromatic nitrogens is 3. The first kappa shape index (κ1) is 26.8. The van der Waals surface area contributed by atoms with Crippen molar-refractivity contribution in [2.45, 2.75) is 25.9 Å². The van der Waals surface area contributed by atoms with Crippen LogP contribution in [0.15, 0.2) is 73.2 Å². The Labute approximate surface area is 235 Å². The number of aryl methyl sites for hydroxylation is 1. The van der Waals surface area contributed by atoms with E-state index in [2.05, 4.69) is 25.6 Å². The maximum Gasteiger partial charge on any atom is 0.261 e. The van der Waals surface area contributed by atoms with Crippen molar-refractivity contribution in [3.05, 3.63) is 106 Å². The molecule has 0 spiro atoms. The standard InChI is InChI=1S/C29H25ClN6O4/c1-17-14-32-29(33-15-17)35-26(37)22-8-6-18(11-25(22)40-2)16-36-24(13-20-5-3-4-10-31-20)27(38)34-23-12-19(30)7-9-21(23)28(36)39/h3-12,14-15,24H,13,16H2,1-2H3,(H,34,38)(H,32,33,35,37). The highest BCUT2D eigenvalue weighted by molar-refractivity contribution is 6.31. The highest BCUT2D eigenvalue weighted by atomic mass is 35.5. The molecule has 11 heteroatoms. The topological polar surface area (TPSA) is 126 Å². The third-order valence-electron chi connectivity index (χ3n) is 6.41. The van der Waals surface area contributed by atoms with Gasteiger partial charge in [-0.25, -0.2) is 9.97 Å². The molecule has 1 unspecified atom stereocenters. The van der Waals surface area contributed by atoms with Gasteiger partial charge in [-0.1, -0.05) is 23.7 Å². The maximum atomic E-state index is 13.8. The average Bonchev–Trinajstić information content (AvgIpc) is 3.04. The number of pyridine rings is 1. The van der Waals surface area contributed by atoms with Crippen molar-refractivity contribution in [2.75, 3.05) is 17.7 Å². The Kier molecular flexibility index (Phi) is 7.70. The number of rotatable bonds is 7. The van der Waals surface area contributed by atoms with E-state index in [0.717, 1.165) is 5.56 Å². The summed E-state index contributed by atoms with van der Waals surface area (Å²) in [6.45, 7) is 1.92. The molecule has 2 N–H and O–H groups in total. The number of carbonyl (C=O) groups excluding carboxylic acids is 3. The highest BCUT2D eigenvalue weighted by Crippen LogP contribution is 2.30. The van der Waals surface area contributed by atoms with E-state index in [0.29, 0.717) is 33.3 Å². The molecule has 2 aromatic heterocycles. The molecule has 3 amide bonds. The van der Waals surface area contributed by atoms with Gasteiger partial charge in [-0.2, -0.15) is 0 Å². The van der Waals surface area contributed by atoms with Gasteiger partial charge in [-0.15, -0.1) is 0 Å². The van der Waals surface area contributed by atoms with E-state index in [9.17, 15) is 14.4 Å². The lowest BCUT2D eigenvalue weighted by atomic mass is 10.0. The van der Waals surface area contributed by atoms with Gasteiger partial charge in [0.2, 0.25) is 11.9 Å². The average molecular weight is 557 g/mol. The zero-order chi connectivity index (χ0) is 28.2. The summed E-state index contributed by atoms with van der Waals surface area (Å²) in [6.07, 6.45) is 5.05. The smallest absolute Gasteiger partial charge is 0.261 e. The van der Waals surface area contributed by atoms with Gasteiger partial charge in [0.25, 0.3) is 11.8 Å². The quantitative estimate of drug-likeness (QED) is 0.347. The zero-order valence-electron chi connectivity index (χ0n) is 21.7. The van der Waals surface area contributed by atoms with Crippen molar-refractivity contribution < 1.29 is 19.1 Å². The number of carbonyl (C=O) groups is 3. The molecule has 0 radical (unpaired) electrons. The van der Waals surface area contributed by atoms with Gasteiger partial charge in [-0.3, -0.25) is 24.7 Å². The molecule has 10 nitrogen and oxygen atoms in total. The number of anilines is 2. The second kappa shape index (κ2) is 11.5. The summed E-state index contributed by atoms with van der Waals surface area (Å²) in [4.78, 5) is 54.2. The van der Waals surface area contributed by atoms with Crippen molar-refractivity contribution in [1.82, 2.24) is 19.9 Å². The monoisotopic (exact) mass is 556 g/mol. The van der Waals surface area contributed by atoms with E-state index in [4.69, 9.17) is 16.3 Å². The number of ether oxygens (including phenoxy) is 1. The molecule has 3 heterocycles. The second-order valence-corrected chi connectivity index (χ2v) is 9.66. The molecule has 4 aromatic rings. The van der Waals surface area contributed by atoms with Gasteiger partial charge in [0.1, 0.15) is 11.8 Å². The molecular formula is C29H25ClN6O4. The van der Waals surface area contributed by atoms with Crippen LogP contribution in [0.4, 0.5) is 11.6 Å². The summed E-state index contributed by atoms with van der Waals surface area (Å²) < 4.78 is 5.51. The molecule has 0 fully saturated rings. The predicted octanol–water partition coefficient (Wildman–Crippen LogP) is 4.30. The number of benzene rings is 2. The third-order valence-corrected chi connectivity index (χ3v) is 6.64. The molecule has 40 heavy (non-hydrogen) atoms. The first-order valence-corrected chi connectivity index (χ1v) is 12.8. The molecule has 1 atom stereocenters. The van der Waals surface area contributed by atoms with Crippen LogP contribution in [0.3, 0.4) is 0 Å². The molecule has 1 aliphatic rings. The van der Waals surface area contributed by atoms with E-state index in [-0.39, 0.29) is 36.3 Å². The van der Waals surface area contributed by atoms with Gasteiger partial charge >= 0.3 is 0 Å². The Hall–Kier alpha value is -4.83. The lowest BCUT2D eigenvalue weighted by Crippen LogP contribution is -2.46. The van der Waals surface area contributed by atoms with E-state index >= 15 is 0 Å². The van der Waals surface area contributed by atoms with Crippen molar-refractivity contribution in [1.29, 1.82) is 0 Å². The Bertz CT molecular complexity index is 1580. The third kappa shape index (κ3) is 5.76. The van der Waals surface area contributed by atoms with E-state index < -0.39 is 11.9 Å². The number of nitrogens with one attached hydrogen (secondary N) is 2. The second-order valence-electron chi connectivity index (χ2n) is 9.23. The minimum Gasteiger partial charge on any atom is -0.496 e. The molecule has 1 aliphatic heterocycles. The molecule has 202 valence electrons. The van der Waals surface area contributed by atoms with Crippen LogP contribution in [-0.2, 0) is 17.8 Å². The number of halogens is 1. The Balaban J connectivity index is 1.46. The van der Waals surface area contributed by atoms with Crippen molar-refractivity contribution in [2.24, 2.45) is 0 Å². The Morgan fingerprint density at radius 1 is 1.07 bits per heavy atom. The van der Waals surface area contributed by atoms with E-state index in [1.807, 2.05) is 13.0 Å². The SMILES string of the molecule is COc1cc(CN2C(=O)c3ccc(Cl)cc3NC(=O)C2Cc2ccccn2)ccc1C(=O)Nc1ncc(C)cn1. The summed E-state index contributed by atoms with van der Waals surface area (Å²) in [7, 11) is 1.45. The number of nitrogens with zero attached hydrogens (tertiary/aromatic N) is 4. The Morgan fingerprint density at radius 2 is 1.88 bits per heavy atom. The minimum atomic E-state index is -0.860. The van der Waals surface area contributed by atoms with Crippen molar-refractivity contribution in [3.63, 3.8) is 0 Å². The van der Waals surface area contributed by atoms with Crippen molar-refractivity contribution in [3.8, 4) is 5.75 Å². The summed E-state index contributed by atoms with van der Waals surface area (Å²) in [5.41, 5.74) is 3.11. The van der Waals surface area contributed by atoms with Gasteiger partial charge in [-0.05, 0) is 60.5 Å². The van der Waals surface area contributed by atoms with E-state index in [1.165, 1.54) is 12.0 Å². The molecule has 0 bridgehead atoms. The van der Waals surface area contributed by atoms with Crippen LogP contribution < -0.4 is 15.4 Å². The van der Waals surface area contributed by atoms with Crippen LogP contribution >= 0.6 is 11.6 Å². The number of amides is 3. The Morgan fingerprint density at radius 3 is 2.60 bits per heavy atom. The molecule has 5 rings (SSSR count). The van der Waals surface area contributed by atoms with Gasteiger partial charge in [0, 0.05) is 42.3 Å². The number of hydrogen-bond acceptors (Lipinski definition) is 7. The summed E-state index contributed by atoms with van der Waals surface area (Å²) in [5.74, 6) is -0.693. The fourth-order valence-electron chi connectivity index (χ4n) is 4.41. The molecule has 0 aliphatic carbocycles. The van der Waals surface area contributed by atoms with Crippen LogP contribution in [0.1, 0.15) is 37.5 Å². The molecule has 0 saturated heterocycles. The highest BCUT2D eigenvalue weighted by Gasteiger charge is 2.36. The molecule has 0 saturated carbocycles. The first-order valence-electron chi connectivity index (χ1n) is 12.4. The maximum absolute atomic E-state index is 13.8. The largest absolute Gasteiger partial charge is 0.496 e. The van der Waals surface area contributed by atoms with Crippen LogP contribution in [0, 0.1) is 6.92 Å². The number of methoxy groups -OCH3 is 1. The fourth-order valence-corrected chi connectivity index (χ4v) is 4.58. The summed E-state index contributed by atoms with van der Waals surface area (Å²) in [5, 5.41) is 5.90. The van der Waals surface area contributed by atoms with Gasteiger partial charge < -0.3 is 15.0 Å². The van der Waals surface area contributed by atoms with Gasteiger partial charge in [0.15, 0.2) is 0 Å². The number of hydrogen-bond donors (Lipinski definition) is 2. The zero-order valence-corrected chi connectivity index (χ0v) is 22.5. The van der Waals surface area contributed by atoms with Crippen LogP contribution in [-0.4, -0.2) is 50.7 Å². The molecule has 2 aromatic carbocycles. The molecular weight excluding hydrogens is 532 g/mol. The van der Waals surface area contributed by atoms with E-state index in [1.54, 1.807) is 67.1 Å². The normalized spacial score (nSPS) is 14.7. The van der Waals surface area contributed by atoms with Crippen LogP contribution in [0.2, 0.25) is 5.02 Å². The fraction of sp³-hybridized carbons (Fsp3) is 0.172. The predicted molar refractivity (Wildman–Crippen MR) is 149 cm³/mol. The first-order chi connectivity index (χ1) is 19.3. The van der Waals surface area contributed by atoms with Crippen molar-refractivity contribution >= 4 is 41.0 Å². The van der Waals surface area contributed by atoms with Crippen LogP contribution in [0.5, 0.6) is 5.75 Å². The summed E-state index contributed by atoms with van der Waals surface area (Å²) in [6, 6.07) is 14.3. The number of fused-ring (bicyclic) bond motifs is 1. The van der Waals surface area contributed by atoms with Crippen LogP contribution in [0.25, 0.3) is 0 Å². The lowest BCUT2D eigenvalue weighted by molar-refractivity contribution is -0.120.